The second-order valence-corrected chi connectivity index (χ2v) is 6.22. The van der Waals surface area contributed by atoms with E-state index in [-0.39, 0.29) is 5.57 Å². The third-order valence-electron chi connectivity index (χ3n) is 4.61. The van der Waals surface area contributed by atoms with Crippen LogP contribution in [-0.2, 0) is 9.47 Å². The number of methoxy groups -OCH3 is 1. The average molecular weight is 344 g/mol. The van der Waals surface area contributed by atoms with E-state index in [9.17, 15) is 10.1 Å². The first-order valence-electron chi connectivity index (χ1n) is 8.14. The Morgan fingerprint density at radius 2 is 2.08 bits per heavy atom. The summed E-state index contributed by atoms with van der Waals surface area (Å²) in [6, 6.07) is 13.6. The molecule has 5 nitrogen and oxygen atoms in total. The van der Waals surface area contributed by atoms with Crippen LogP contribution in [0.25, 0.3) is 28.0 Å². The third-order valence-corrected chi connectivity index (χ3v) is 4.61. The number of hydrogen-bond acceptors (Lipinski definition) is 4. The summed E-state index contributed by atoms with van der Waals surface area (Å²) in [4.78, 5) is 12.2. The summed E-state index contributed by atoms with van der Waals surface area (Å²) in [5.41, 5.74) is 3.31. The van der Waals surface area contributed by atoms with Crippen LogP contribution in [-0.4, -0.2) is 17.6 Å². The summed E-state index contributed by atoms with van der Waals surface area (Å²) >= 11 is 0. The van der Waals surface area contributed by atoms with Crippen molar-refractivity contribution in [3.05, 3.63) is 65.4 Å². The lowest BCUT2D eigenvalue weighted by molar-refractivity contribution is 0.0600. The molecule has 0 saturated carbocycles. The predicted molar refractivity (Wildman–Crippen MR) is 99.3 cm³/mol. The van der Waals surface area contributed by atoms with Gasteiger partial charge in [-0.15, -0.1) is 0 Å². The number of aromatic nitrogens is 1. The van der Waals surface area contributed by atoms with Gasteiger partial charge >= 0.3 is 5.97 Å². The summed E-state index contributed by atoms with van der Waals surface area (Å²) in [6.07, 6.45) is 1.24. The molecule has 1 unspecified atom stereocenters. The van der Waals surface area contributed by atoms with Gasteiger partial charge in [0.15, 0.2) is 6.10 Å². The molecule has 5 heteroatoms. The van der Waals surface area contributed by atoms with Crippen LogP contribution in [0.3, 0.4) is 0 Å². The monoisotopic (exact) mass is 344 g/mol. The highest BCUT2D eigenvalue weighted by Gasteiger charge is 2.27. The molecule has 3 aromatic rings. The second-order valence-electron chi connectivity index (χ2n) is 6.22. The number of hydrogen-bond donors (Lipinski definition) is 0. The molecular weight excluding hydrogens is 328 g/mol. The normalized spacial score (nSPS) is 15.7. The van der Waals surface area contributed by atoms with Crippen molar-refractivity contribution in [2.75, 3.05) is 7.11 Å². The minimum Gasteiger partial charge on any atom is -0.483 e. The molecule has 0 amide bonds. The first-order chi connectivity index (χ1) is 12.5. The molecule has 26 heavy (non-hydrogen) atoms. The second kappa shape index (κ2) is 5.78. The molecule has 0 fully saturated rings. The van der Waals surface area contributed by atoms with Crippen molar-refractivity contribution in [3.8, 4) is 6.07 Å². The van der Waals surface area contributed by atoms with Crippen LogP contribution < -0.4 is 0 Å². The molecule has 1 aliphatic rings. The zero-order valence-corrected chi connectivity index (χ0v) is 14.4. The Labute approximate surface area is 150 Å². The number of esters is 1. The summed E-state index contributed by atoms with van der Waals surface area (Å²) in [7, 11) is 1.35. The predicted octanol–water partition coefficient (Wildman–Crippen LogP) is 4.55. The smallest absolute Gasteiger partial charge is 0.337 e. The Kier molecular flexibility index (Phi) is 3.55. The molecule has 2 aromatic carbocycles. The molecule has 0 radical (unpaired) electrons. The highest BCUT2D eigenvalue weighted by atomic mass is 16.5. The molecule has 0 aliphatic carbocycles. The van der Waals surface area contributed by atoms with Crippen molar-refractivity contribution in [2.45, 2.75) is 13.0 Å². The van der Waals surface area contributed by atoms with Crippen LogP contribution in [0.4, 0.5) is 0 Å². The topological polar surface area (TPSA) is 64.2 Å². The molecule has 4 rings (SSSR count). The molecule has 0 bridgehead atoms. The average Bonchev–Trinajstić information content (AvgIpc) is 2.88. The number of nitriles is 1. The Balaban J connectivity index is 2.20. The van der Waals surface area contributed by atoms with Gasteiger partial charge in [0, 0.05) is 22.5 Å². The highest BCUT2D eigenvalue weighted by Crippen LogP contribution is 2.41. The molecule has 0 N–H and O–H groups in total. The molecular formula is C21H16N2O3. The standard InChI is InChI=1S/C21H16N2O3/c1-12(10-22)20-17-9-14(21(24)25-3)8-16-15-6-4-5-7-18(15)23(19(16)17)11-13(2)26-20/h4-9,11,20H,1H2,2-3H3. The summed E-state index contributed by atoms with van der Waals surface area (Å²) in [6.45, 7) is 5.68. The van der Waals surface area contributed by atoms with Gasteiger partial charge in [-0.1, -0.05) is 24.8 Å². The van der Waals surface area contributed by atoms with E-state index < -0.39 is 12.1 Å². The maximum absolute atomic E-state index is 12.2. The van der Waals surface area contributed by atoms with Crippen LogP contribution in [0.2, 0.25) is 0 Å². The lowest BCUT2D eigenvalue weighted by Crippen LogP contribution is -2.08. The maximum Gasteiger partial charge on any atom is 0.337 e. The van der Waals surface area contributed by atoms with Crippen molar-refractivity contribution >= 4 is 34.0 Å². The van der Waals surface area contributed by atoms with Crippen LogP contribution in [0, 0.1) is 11.3 Å². The number of allylic oxidation sites excluding steroid dienone is 1. The van der Waals surface area contributed by atoms with E-state index in [1.54, 1.807) is 6.07 Å². The number of benzene rings is 2. The fraction of sp³-hybridized carbons (Fsp3) is 0.143. The fourth-order valence-corrected chi connectivity index (χ4v) is 3.51. The van der Waals surface area contributed by atoms with Crippen LogP contribution in [0.1, 0.15) is 28.9 Å². The number of rotatable bonds is 2. The number of fused-ring (bicyclic) bond motifs is 3. The highest BCUT2D eigenvalue weighted by molar-refractivity contribution is 6.12. The third kappa shape index (κ3) is 2.20. The van der Waals surface area contributed by atoms with E-state index in [4.69, 9.17) is 9.47 Å². The minimum absolute atomic E-state index is 0.278. The van der Waals surface area contributed by atoms with E-state index in [0.717, 1.165) is 27.4 Å². The Bertz CT molecular complexity index is 1160. The lowest BCUT2D eigenvalue weighted by Gasteiger charge is -2.18. The largest absolute Gasteiger partial charge is 0.483 e. The first-order valence-corrected chi connectivity index (χ1v) is 8.14. The molecule has 0 spiro atoms. The SMILES string of the molecule is C=C(C#N)C1OC(C)=Cn2c3ccccc3c3cc(C(=O)OC)cc1c32. The van der Waals surface area contributed by atoms with Crippen molar-refractivity contribution in [1.82, 2.24) is 4.57 Å². The quantitative estimate of drug-likeness (QED) is 0.505. The zero-order valence-electron chi connectivity index (χ0n) is 14.4. The fourth-order valence-electron chi connectivity index (χ4n) is 3.51. The van der Waals surface area contributed by atoms with E-state index in [1.165, 1.54) is 7.11 Å². The molecule has 1 aromatic heterocycles. The van der Waals surface area contributed by atoms with Gasteiger partial charge in [0.1, 0.15) is 5.76 Å². The van der Waals surface area contributed by atoms with Gasteiger partial charge in [-0.3, -0.25) is 0 Å². The van der Waals surface area contributed by atoms with Crippen molar-refractivity contribution < 1.29 is 14.3 Å². The van der Waals surface area contributed by atoms with Crippen LogP contribution in [0.15, 0.2) is 54.3 Å². The van der Waals surface area contributed by atoms with E-state index >= 15 is 0 Å². The van der Waals surface area contributed by atoms with Gasteiger partial charge in [0.25, 0.3) is 0 Å². The van der Waals surface area contributed by atoms with Crippen molar-refractivity contribution in [3.63, 3.8) is 0 Å². The van der Waals surface area contributed by atoms with E-state index in [2.05, 4.69) is 12.6 Å². The van der Waals surface area contributed by atoms with Crippen molar-refractivity contribution in [2.24, 2.45) is 0 Å². The van der Waals surface area contributed by atoms with E-state index in [1.807, 2.05) is 48.0 Å². The van der Waals surface area contributed by atoms with Crippen LogP contribution in [0.5, 0.6) is 0 Å². The number of carbonyl (C=O) groups is 1. The van der Waals surface area contributed by atoms with Gasteiger partial charge in [0.05, 0.1) is 35.3 Å². The van der Waals surface area contributed by atoms with Gasteiger partial charge in [0.2, 0.25) is 0 Å². The first kappa shape index (κ1) is 16.0. The maximum atomic E-state index is 12.2. The molecule has 0 saturated heterocycles. The van der Waals surface area contributed by atoms with Crippen LogP contribution >= 0.6 is 0 Å². The van der Waals surface area contributed by atoms with Gasteiger partial charge < -0.3 is 14.0 Å². The Morgan fingerprint density at radius 3 is 2.81 bits per heavy atom. The van der Waals surface area contributed by atoms with Gasteiger partial charge in [-0.25, -0.2) is 4.79 Å². The van der Waals surface area contributed by atoms with E-state index in [0.29, 0.717) is 11.3 Å². The Morgan fingerprint density at radius 1 is 1.31 bits per heavy atom. The summed E-state index contributed by atoms with van der Waals surface area (Å²) in [5, 5.41) is 11.3. The summed E-state index contributed by atoms with van der Waals surface area (Å²) in [5.74, 6) is 0.222. The minimum atomic E-state index is -0.658. The molecule has 2 heterocycles. The van der Waals surface area contributed by atoms with Gasteiger partial charge in [-0.2, -0.15) is 5.26 Å². The van der Waals surface area contributed by atoms with Gasteiger partial charge in [-0.05, 0) is 25.1 Å². The zero-order chi connectivity index (χ0) is 18.4. The Hall–Kier alpha value is -3.52. The molecule has 128 valence electrons. The molecule has 1 atom stereocenters. The lowest BCUT2D eigenvalue weighted by atomic mass is 9.97. The molecule has 1 aliphatic heterocycles. The number of ether oxygens (including phenoxy) is 2. The number of carbonyl (C=O) groups excluding carboxylic acids is 1. The summed E-state index contributed by atoms with van der Waals surface area (Å²) < 4.78 is 12.9. The van der Waals surface area contributed by atoms with Crippen molar-refractivity contribution in [1.29, 1.82) is 5.26 Å². The number of nitrogens with zero attached hydrogens (tertiary/aromatic N) is 2. The number of para-hydroxylation sites is 1.